The van der Waals surface area contributed by atoms with Gasteiger partial charge in [0.05, 0.1) is 0 Å². The van der Waals surface area contributed by atoms with Gasteiger partial charge in [0.1, 0.15) is 0 Å². The average molecular weight is 347 g/mol. The summed E-state index contributed by atoms with van der Waals surface area (Å²) in [5.41, 5.74) is 0.639. The molecule has 132 valence electrons. The van der Waals surface area contributed by atoms with Gasteiger partial charge in [0.2, 0.25) is 0 Å². The van der Waals surface area contributed by atoms with Gasteiger partial charge in [-0.3, -0.25) is 4.79 Å². The highest BCUT2D eigenvalue weighted by Gasteiger charge is 2.44. The fourth-order valence-electron chi connectivity index (χ4n) is 3.11. The Morgan fingerprint density at radius 2 is 1.58 bits per heavy atom. The molecule has 26 heavy (non-hydrogen) atoms. The normalized spacial score (nSPS) is 14.8. The van der Waals surface area contributed by atoms with Crippen molar-refractivity contribution in [3.8, 4) is 11.8 Å². The Bertz CT molecular complexity index is 813. The lowest BCUT2D eigenvalue weighted by molar-refractivity contribution is -0.163. The number of nitrogens with one attached hydrogen (secondary N) is 1. The van der Waals surface area contributed by atoms with E-state index in [9.17, 15) is 9.59 Å². The zero-order valence-corrected chi connectivity index (χ0v) is 14.5. The van der Waals surface area contributed by atoms with E-state index >= 15 is 0 Å². The molecule has 3 rings (SSSR count). The summed E-state index contributed by atoms with van der Waals surface area (Å²) < 4.78 is 5.55. The number of benzene rings is 2. The lowest BCUT2D eigenvalue weighted by Gasteiger charge is -2.26. The molecule has 0 radical (unpaired) electrons. The zero-order valence-electron chi connectivity index (χ0n) is 14.5. The molecule has 0 saturated heterocycles. The quantitative estimate of drug-likeness (QED) is 0.682. The van der Waals surface area contributed by atoms with Crippen molar-refractivity contribution in [3.63, 3.8) is 0 Å². The van der Waals surface area contributed by atoms with E-state index in [1.807, 2.05) is 60.7 Å². The third-order valence-corrected chi connectivity index (χ3v) is 4.49. The van der Waals surface area contributed by atoms with E-state index < -0.39 is 11.6 Å². The number of amides is 1. The highest BCUT2D eigenvalue weighted by Crippen LogP contribution is 2.33. The SMILES string of the molecule is O=C(C#Cc1ccccc1)OC1(C(=O)NCc2ccccc2)CCCC1. The minimum atomic E-state index is -1.10. The topological polar surface area (TPSA) is 55.4 Å². The third kappa shape index (κ3) is 4.52. The smallest absolute Gasteiger partial charge is 0.385 e. The maximum absolute atomic E-state index is 12.7. The van der Waals surface area contributed by atoms with Gasteiger partial charge >= 0.3 is 5.97 Å². The van der Waals surface area contributed by atoms with Crippen LogP contribution in [0.3, 0.4) is 0 Å². The van der Waals surface area contributed by atoms with Gasteiger partial charge in [-0.1, -0.05) is 54.5 Å². The minimum Gasteiger partial charge on any atom is -0.439 e. The van der Waals surface area contributed by atoms with Gasteiger partial charge in [0.25, 0.3) is 5.91 Å². The summed E-state index contributed by atoms with van der Waals surface area (Å²) in [7, 11) is 0. The largest absolute Gasteiger partial charge is 0.439 e. The van der Waals surface area contributed by atoms with Crippen LogP contribution in [0.1, 0.15) is 36.8 Å². The lowest BCUT2D eigenvalue weighted by Crippen LogP contribution is -2.47. The Balaban J connectivity index is 1.64. The van der Waals surface area contributed by atoms with Gasteiger partial charge in [0, 0.05) is 18.0 Å². The molecule has 2 aromatic carbocycles. The standard InChI is InChI=1S/C22H21NO3/c24-20(14-13-18-9-3-1-4-10-18)26-22(15-7-8-16-22)21(25)23-17-19-11-5-2-6-12-19/h1-6,9-12H,7-8,15-17H2,(H,23,25). The number of carbonyl (C=O) groups excluding carboxylic acids is 2. The number of hydrogen-bond acceptors (Lipinski definition) is 3. The van der Waals surface area contributed by atoms with E-state index in [2.05, 4.69) is 17.2 Å². The number of carbonyl (C=O) groups is 2. The summed E-state index contributed by atoms with van der Waals surface area (Å²) in [6.07, 6.45) is 2.79. The molecule has 4 nitrogen and oxygen atoms in total. The maximum atomic E-state index is 12.7. The van der Waals surface area contributed by atoms with Crippen LogP contribution in [0.25, 0.3) is 0 Å². The summed E-state index contributed by atoms with van der Waals surface area (Å²) in [6.45, 7) is 0.411. The average Bonchev–Trinajstić information content (AvgIpc) is 3.16. The Morgan fingerprint density at radius 3 is 2.23 bits per heavy atom. The fraction of sp³-hybridized carbons (Fsp3) is 0.273. The molecule has 2 aromatic rings. The van der Waals surface area contributed by atoms with Crippen LogP contribution in [0.4, 0.5) is 0 Å². The molecule has 1 aliphatic rings. The van der Waals surface area contributed by atoms with Crippen molar-refractivity contribution < 1.29 is 14.3 Å². The Morgan fingerprint density at radius 1 is 0.962 bits per heavy atom. The molecule has 1 aliphatic carbocycles. The van der Waals surface area contributed by atoms with Crippen LogP contribution in [0.2, 0.25) is 0 Å². The van der Waals surface area contributed by atoms with E-state index in [0.717, 1.165) is 24.0 Å². The van der Waals surface area contributed by atoms with Gasteiger partial charge in [-0.05, 0) is 43.4 Å². The summed E-state index contributed by atoms with van der Waals surface area (Å²) >= 11 is 0. The summed E-state index contributed by atoms with van der Waals surface area (Å²) in [6, 6.07) is 18.9. The molecule has 0 bridgehead atoms. The maximum Gasteiger partial charge on any atom is 0.385 e. The molecule has 1 N–H and O–H groups in total. The van der Waals surface area contributed by atoms with Crippen LogP contribution < -0.4 is 5.32 Å². The van der Waals surface area contributed by atoms with Crippen LogP contribution in [0.5, 0.6) is 0 Å². The van der Waals surface area contributed by atoms with Crippen molar-refractivity contribution in [3.05, 3.63) is 71.8 Å². The van der Waals surface area contributed by atoms with Crippen molar-refractivity contribution in [2.75, 3.05) is 0 Å². The molecular weight excluding hydrogens is 326 g/mol. The van der Waals surface area contributed by atoms with E-state index in [1.54, 1.807) is 0 Å². The van der Waals surface area contributed by atoms with Crippen molar-refractivity contribution in [2.24, 2.45) is 0 Å². The number of ether oxygens (including phenoxy) is 1. The van der Waals surface area contributed by atoms with E-state index in [4.69, 9.17) is 4.74 Å². The van der Waals surface area contributed by atoms with Crippen LogP contribution in [-0.4, -0.2) is 17.5 Å². The number of hydrogen-bond donors (Lipinski definition) is 1. The lowest BCUT2D eigenvalue weighted by atomic mass is 10.0. The second-order valence-electron chi connectivity index (χ2n) is 6.38. The highest BCUT2D eigenvalue weighted by atomic mass is 16.6. The fourth-order valence-corrected chi connectivity index (χ4v) is 3.11. The van der Waals surface area contributed by atoms with E-state index in [-0.39, 0.29) is 5.91 Å². The Kier molecular flexibility index (Phi) is 5.70. The van der Waals surface area contributed by atoms with Gasteiger partial charge in [0.15, 0.2) is 5.60 Å². The second-order valence-corrected chi connectivity index (χ2v) is 6.38. The summed E-state index contributed by atoms with van der Waals surface area (Å²) in [5.74, 6) is 4.36. The van der Waals surface area contributed by atoms with Gasteiger partial charge in [-0.25, -0.2) is 4.79 Å². The Labute approximate surface area is 153 Å². The molecule has 0 atom stereocenters. The monoisotopic (exact) mass is 347 g/mol. The first-order valence-electron chi connectivity index (χ1n) is 8.80. The predicted octanol–water partition coefficient (Wildman–Crippen LogP) is 3.21. The van der Waals surface area contributed by atoms with Crippen LogP contribution in [0, 0.1) is 11.8 Å². The van der Waals surface area contributed by atoms with Crippen molar-refractivity contribution in [1.29, 1.82) is 0 Å². The molecule has 1 amide bonds. The summed E-state index contributed by atoms with van der Waals surface area (Å²) in [4.78, 5) is 24.9. The number of esters is 1. The molecule has 4 heteroatoms. The molecule has 0 spiro atoms. The molecule has 0 unspecified atom stereocenters. The highest BCUT2D eigenvalue weighted by molar-refractivity contribution is 5.94. The zero-order chi connectivity index (χ0) is 18.2. The molecule has 0 aromatic heterocycles. The molecule has 1 saturated carbocycles. The second kappa shape index (κ2) is 8.35. The van der Waals surface area contributed by atoms with E-state index in [0.29, 0.717) is 19.4 Å². The first kappa shape index (κ1) is 17.8. The van der Waals surface area contributed by atoms with Gasteiger partial charge < -0.3 is 10.1 Å². The Hall–Kier alpha value is -3.06. The molecular formula is C22H21NO3. The predicted molar refractivity (Wildman–Crippen MR) is 98.9 cm³/mol. The van der Waals surface area contributed by atoms with Crippen LogP contribution in [-0.2, 0) is 20.9 Å². The van der Waals surface area contributed by atoms with Crippen LogP contribution in [0.15, 0.2) is 60.7 Å². The van der Waals surface area contributed by atoms with Crippen molar-refractivity contribution >= 4 is 11.9 Å². The van der Waals surface area contributed by atoms with Crippen molar-refractivity contribution in [2.45, 2.75) is 37.8 Å². The minimum absolute atomic E-state index is 0.242. The first-order valence-corrected chi connectivity index (χ1v) is 8.80. The van der Waals surface area contributed by atoms with Gasteiger partial charge in [-0.15, -0.1) is 0 Å². The molecule has 1 fully saturated rings. The van der Waals surface area contributed by atoms with Crippen LogP contribution >= 0.6 is 0 Å². The summed E-state index contributed by atoms with van der Waals surface area (Å²) in [5, 5.41) is 2.90. The van der Waals surface area contributed by atoms with E-state index in [1.165, 1.54) is 0 Å². The number of rotatable bonds is 4. The molecule has 0 aliphatic heterocycles. The third-order valence-electron chi connectivity index (χ3n) is 4.49. The van der Waals surface area contributed by atoms with Gasteiger partial charge in [-0.2, -0.15) is 0 Å². The first-order chi connectivity index (χ1) is 12.7. The molecule has 0 heterocycles. The van der Waals surface area contributed by atoms with Crippen molar-refractivity contribution in [1.82, 2.24) is 5.32 Å².